The molecule has 3 rings (SSSR count). The van der Waals surface area contributed by atoms with Crippen LogP contribution in [0.15, 0.2) is 65.2 Å². The number of nitrogens with zero attached hydrogens (tertiary/aromatic N) is 4. The van der Waals surface area contributed by atoms with E-state index >= 15 is 0 Å². The summed E-state index contributed by atoms with van der Waals surface area (Å²) in [6, 6.07) is 17.7. The molecule has 2 aromatic carbocycles. The molecule has 29 heavy (non-hydrogen) atoms. The van der Waals surface area contributed by atoms with Crippen molar-refractivity contribution in [3.63, 3.8) is 0 Å². The normalized spacial score (nSPS) is 11.4. The van der Waals surface area contributed by atoms with E-state index < -0.39 is 16.1 Å². The lowest BCUT2D eigenvalue weighted by atomic mass is 10.2. The predicted octanol–water partition coefficient (Wildman–Crippen LogP) is 1.67. The molecule has 1 N–H and O–H groups in total. The van der Waals surface area contributed by atoms with Crippen molar-refractivity contribution in [2.75, 3.05) is 24.9 Å². The van der Waals surface area contributed by atoms with Crippen molar-refractivity contribution < 1.29 is 17.7 Å². The van der Waals surface area contributed by atoms with Crippen molar-refractivity contribution in [3.05, 3.63) is 66.6 Å². The second kappa shape index (κ2) is 8.84. The first kappa shape index (κ1) is 20.5. The van der Waals surface area contributed by atoms with Gasteiger partial charge in [0, 0.05) is 19.7 Å². The molecular formula is C19H21N5O4S. The maximum absolute atomic E-state index is 12.6. The Bertz CT molecular complexity index is 1050. The third kappa shape index (κ3) is 4.98. The van der Waals surface area contributed by atoms with Crippen LogP contribution in [0.2, 0.25) is 0 Å². The minimum atomic E-state index is -3.85. The minimum Gasteiger partial charge on any atom is -0.345 e. The van der Waals surface area contributed by atoms with Crippen LogP contribution in [0.1, 0.15) is 5.89 Å². The van der Waals surface area contributed by atoms with Gasteiger partial charge in [0.05, 0.1) is 12.2 Å². The van der Waals surface area contributed by atoms with Crippen molar-refractivity contribution in [1.29, 1.82) is 0 Å². The first-order valence-corrected chi connectivity index (χ1v) is 10.2. The van der Waals surface area contributed by atoms with Gasteiger partial charge in [-0.1, -0.05) is 53.7 Å². The molecule has 9 nitrogen and oxygen atoms in total. The molecule has 10 heteroatoms. The Kier molecular flexibility index (Phi) is 6.25. The summed E-state index contributed by atoms with van der Waals surface area (Å²) in [6.07, 6.45) is 0. The molecule has 1 amide bonds. The van der Waals surface area contributed by atoms with Crippen molar-refractivity contribution in [2.45, 2.75) is 6.54 Å². The number of benzene rings is 2. The van der Waals surface area contributed by atoms with E-state index in [1.165, 1.54) is 14.1 Å². The van der Waals surface area contributed by atoms with Crippen molar-refractivity contribution in [2.24, 2.45) is 0 Å². The SMILES string of the molecule is CN(C)S(=O)(=O)N(CC(=O)NCc1nc(-c2ccccc2)no1)c1ccccc1. The van der Waals surface area contributed by atoms with Gasteiger partial charge in [0.15, 0.2) is 0 Å². The number of para-hydroxylation sites is 1. The Labute approximate surface area is 169 Å². The molecule has 0 aliphatic carbocycles. The maximum Gasteiger partial charge on any atom is 0.304 e. The van der Waals surface area contributed by atoms with Gasteiger partial charge in [0.25, 0.3) is 0 Å². The molecule has 1 aromatic heterocycles. The number of carbonyl (C=O) groups is 1. The van der Waals surface area contributed by atoms with E-state index in [1.54, 1.807) is 30.3 Å². The summed E-state index contributed by atoms with van der Waals surface area (Å²) in [6.45, 7) is -0.395. The van der Waals surface area contributed by atoms with Crippen molar-refractivity contribution in [3.8, 4) is 11.4 Å². The highest BCUT2D eigenvalue weighted by Gasteiger charge is 2.27. The van der Waals surface area contributed by atoms with Gasteiger partial charge in [-0.15, -0.1) is 0 Å². The second-order valence-corrected chi connectivity index (χ2v) is 8.35. The summed E-state index contributed by atoms with van der Waals surface area (Å²) in [4.78, 5) is 16.7. The van der Waals surface area contributed by atoms with Crippen molar-refractivity contribution in [1.82, 2.24) is 19.8 Å². The van der Waals surface area contributed by atoms with Crippen LogP contribution in [0.5, 0.6) is 0 Å². The fourth-order valence-electron chi connectivity index (χ4n) is 2.49. The number of anilines is 1. The van der Waals surface area contributed by atoms with Crippen LogP contribution >= 0.6 is 0 Å². The Balaban J connectivity index is 1.67. The Morgan fingerprint density at radius 2 is 1.66 bits per heavy atom. The summed E-state index contributed by atoms with van der Waals surface area (Å²) < 4.78 is 32.5. The largest absolute Gasteiger partial charge is 0.345 e. The standard InChI is InChI=1S/C19H21N5O4S/c1-23(2)29(26,27)24(16-11-7-4-8-12-16)14-17(25)20-13-18-21-19(22-28-18)15-9-5-3-6-10-15/h3-12H,13-14H2,1-2H3,(H,20,25). The summed E-state index contributed by atoms with van der Waals surface area (Å²) in [5, 5.41) is 6.50. The highest BCUT2D eigenvalue weighted by Crippen LogP contribution is 2.19. The highest BCUT2D eigenvalue weighted by molar-refractivity contribution is 7.90. The fraction of sp³-hybridized carbons (Fsp3) is 0.211. The van der Waals surface area contributed by atoms with E-state index in [2.05, 4.69) is 15.5 Å². The summed E-state index contributed by atoms with van der Waals surface area (Å²) in [5.41, 5.74) is 1.18. The van der Waals surface area contributed by atoms with Crippen LogP contribution < -0.4 is 9.62 Å². The first-order chi connectivity index (χ1) is 13.9. The molecular weight excluding hydrogens is 394 g/mol. The smallest absolute Gasteiger partial charge is 0.304 e. The number of carbonyl (C=O) groups excluding carboxylic acids is 1. The number of aromatic nitrogens is 2. The molecule has 3 aromatic rings. The van der Waals surface area contributed by atoms with E-state index in [-0.39, 0.29) is 19.0 Å². The molecule has 0 aliphatic rings. The molecule has 0 fully saturated rings. The number of nitrogens with one attached hydrogen (secondary N) is 1. The van der Waals surface area contributed by atoms with E-state index in [4.69, 9.17) is 4.52 Å². The van der Waals surface area contributed by atoms with E-state index in [1.807, 2.05) is 30.3 Å². The summed E-state index contributed by atoms with van der Waals surface area (Å²) >= 11 is 0. The van der Waals surface area contributed by atoms with E-state index in [9.17, 15) is 13.2 Å². The molecule has 1 heterocycles. The summed E-state index contributed by atoms with van der Waals surface area (Å²) in [7, 11) is -1.03. The van der Waals surface area contributed by atoms with Gasteiger partial charge in [-0.3, -0.25) is 4.79 Å². The minimum absolute atomic E-state index is 0.0106. The lowest BCUT2D eigenvalue weighted by Gasteiger charge is -2.26. The third-order valence-corrected chi connectivity index (χ3v) is 5.83. The van der Waals surface area contributed by atoms with Gasteiger partial charge in [-0.25, -0.2) is 4.31 Å². The maximum atomic E-state index is 12.6. The van der Waals surface area contributed by atoms with E-state index in [0.717, 1.165) is 14.2 Å². The van der Waals surface area contributed by atoms with Crippen LogP contribution in [0, 0.1) is 0 Å². The quantitative estimate of drug-likeness (QED) is 0.599. The van der Waals surface area contributed by atoms with Gasteiger partial charge in [-0.2, -0.15) is 17.7 Å². The average Bonchev–Trinajstić information content (AvgIpc) is 3.20. The van der Waals surface area contributed by atoms with Crippen molar-refractivity contribution >= 4 is 21.8 Å². The molecule has 0 spiro atoms. The molecule has 0 bridgehead atoms. The van der Waals surface area contributed by atoms with E-state index in [0.29, 0.717) is 11.5 Å². The molecule has 152 valence electrons. The lowest BCUT2D eigenvalue weighted by molar-refractivity contribution is -0.119. The highest BCUT2D eigenvalue weighted by atomic mass is 32.2. The predicted molar refractivity (Wildman–Crippen MR) is 108 cm³/mol. The molecule has 0 radical (unpaired) electrons. The molecule has 0 unspecified atom stereocenters. The molecule has 0 aliphatic heterocycles. The van der Waals surface area contributed by atoms with Gasteiger partial charge >= 0.3 is 10.2 Å². The van der Waals surface area contributed by atoms with Crippen LogP contribution in [-0.4, -0.2) is 49.4 Å². The Morgan fingerprint density at radius 1 is 1.03 bits per heavy atom. The zero-order valence-electron chi connectivity index (χ0n) is 16.0. The lowest BCUT2D eigenvalue weighted by Crippen LogP contribution is -2.45. The van der Waals surface area contributed by atoms with Gasteiger partial charge < -0.3 is 9.84 Å². The average molecular weight is 415 g/mol. The zero-order valence-corrected chi connectivity index (χ0v) is 16.8. The number of amides is 1. The van der Waals surface area contributed by atoms with Gasteiger partial charge in [0.2, 0.25) is 17.6 Å². The second-order valence-electron chi connectivity index (χ2n) is 6.29. The van der Waals surface area contributed by atoms with Crippen LogP contribution in [0.3, 0.4) is 0 Å². The Hall–Kier alpha value is -3.24. The fourth-order valence-corrected chi connectivity index (χ4v) is 3.55. The van der Waals surface area contributed by atoms with Gasteiger partial charge in [-0.05, 0) is 12.1 Å². The first-order valence-electron chi connectivity index (χ1n) is 8.78. The van der Waals surface area contributed by atoms with Crippen LogP contribution in [-0.2, 0) is 21.5 Å². The third-order valence-electron chi connectivity index (χ3n) is 4.01. The Morgan fingerprint density at radius 3 is 2.28 bits per heavy atom. The van der Waals surface area contributed by atoms with Crippen LogP contribution in [0.25, 0.3) is 11.4 Å². The molecule has 0 saturated heterocycles. The number of rotatable bonds is 8. The molecule has 0 atom stereocenters. The monoisotopic (exact) mass is 415 g/mol. The summed E-state index contributed by atoms with van der Waals surface area (Å²) in [5.74, 6) is 0.133. The number of hydrogen-bond acceptors (Lipinski definition) is 6. The zero-order chi connectivity index (χ0) is 20.9. The van der Waals surface area contributed by atoms with Gasteiger partial charge in [0.1, 0.15) is 6.54 Å². The molecule has 0 saturated carbocycles. The number of hydrogen-bond donors (Lipinski definition) is 1. The van der Waals surface area contributed by atoms with Crippen LogP contribution in [0.4, 0.5) is 5.69 Å². The topological polar surface area (TPSA) is 109 Å².